The molecule has 0 bridgehead atoms. The van der Waals surface area contributed by atoms with Crippen molar-refractivity contribution >= 4 is 0 Å². The van der Waals surface area contributed by atoms with Gasteiger partial charge in [0.15, 0.2) is 0 Å². The highest BCUT2D eigenvalue weighted by atomic mass is 16.3. The quantitative estimate of drug-likeness (QED) is 0.628. The van der Waals surface area contributed by atoms with Crippen molar-refractivity contribution in [1.82, 2.24) is 0 Å². The van der Waals surface area contributed by atoms with Crippen LogP contribution in [0.2, 0.25) is 0 Å². The van der Waals surface area contributed by atoms with Crippen molar-refractivity contribution in [2.45, 2.75) is 65.7 Å². The molecule has 0 aliphatic rings. The zero-order chi connectivity index (χ0) is 19.9. The molecule has 0 heterocycles. The van der Waals surface area contributed by atoms with Gasteiger partial charge in [-0.1, -0.05) is 47.6 Å². The molecule has 0 unspecified atom stereocenters. The number of aryl methyl sites for hydroxylation is 1. The third-order valence-electron chi connectivity index (χ3n) is 4.80. The molecule has 0 aliphatic heterocycles. The first kappa shape index (κ1) is 20.1. The van der Waals surface area contributed by atoms with Crippen molar-refractivity contribution in [3.8, 4) is 22.6 Å². The van der Waals surface area contributed by atoms with Gasteiger partial charge in [0.05, 0.1) is 0 Å². The van der Waals surface area contributed by atoms with Crippen LogP contribution in [-0.4, -0.2) is 10.2 Å². The van der Waals surface area contributed by atoms with E-state index in [1.807, 2.05) is 25.1 Å². The minimum absolute atomic E-state index is 0.154. The lowest BCUT2D eigenvalue weighted by Gasteiger charge is -2.25. The number of hydrogen-bond donors (Lipinski definition) is 2. The Morgan fingerprint density at radius 1 is 0.808 bits per heavy atom. The molecule has 0 saturated heterocycles. The Morgan fingerprint density at radius 2 is 1.27 bits per heavy atom. The summed E-state index contributed by atoms with van der Waals surface area (Å²) >= 11 is 0. The normalized spacial score (nSPS) is 12.3. The summed E-state index contributed by atoms with van der Waals surface area (Å²) in [5.41, 5.74) is 5.39. The zero-order valence-corrected chi connectivity index (χ0v) is 17.2. The Labute approximate surface area is 158 Å². The highest BCUT2D eigenvalue weighted by molar-refractivity contribution is 5.71. The van der Waals surface area contributed by atoms with Crippen LogP contribution in [0.15, 0.2) is 36.9 Å². The van der Waals surface area contributed by atoms with Crippen LogP contribution < -0.4 is 0 Å². The topological polar surface area (TPSA) is 40.5 Å². The molecule has 0 fully saturated rings. The van der Waals surface area contributed by atoms with Gasteiger partial charge in [0.2, 0.25) is 0 Å². The van der Waals surface area contributed by atoms with Crippen molar-refractivity contribution < 1.29 is 10.2 Å². The number of hydrogen-bond acceptors (Lipinski definition) is 2. The molecule has 2 aromatic carbocycles. The minimum Gasteiger partial charge on any atom is -0.507 e. The number of benzene rings is 2. The second-order valence-corrected chi connectivity index (χ2v) is 9.21. The Kier molecular flexibility index (Phi) is 5.28. The van der Waals surface area contributed by atoms with Gasteiger partial charge in [-0.2, -0.15) is 0 Å². The summed E-state index contributed by atoms with van der Waals surface area (Å²) in [6.07, 6.45) is 2.43. The highest BCUT2D eigenvalue weighted by Gasteiger charge is 2.24. The van der Waals surface area contributed by atoms with E-state index in [0.717, 1.165) is 33.4 Å². The Morgan fingerprint density at radius 3 is 1.73 bits per heavy atom. The van der Waals surface area contributed by atoms with Gasteiger partial charge in [-0.05, 0) is 70.7 Å². The van der Waals surface area contributed by atoms with Crippen LogP contribution in [0, 0.1) is 6.92 Å². The van der Waals surface area contributed by atoms with Crippen LogP contribution >= 0.6 is 0 Å². The van der Waals surface area contributed by atoms with Crippen molar-refractivity contribution in [2.24, 2.45) is 0 Å². The van der Waals surface area contributed by atoms with E-state index >= 15 is 0 Å². The molecule has 0 radical (unpaired) electrons. The largest absolute Gasteiger partial charge is 0.507 e. The fraction of sp³-hybridized carbons (Fsp3) is 0.417. The maximum Gasteiger partial charge on any atom is 0.122 e. The predicted octanol–water partition coefficient (Wildman–Crippen LogP) is 6.40. The van der Waals surface area contributed by atoms with Gasteiger partial charge in [0.1, 0.15) is 11.5 Å². The van der Waals surface area contributed by atoms with Gasteiger partial charge in [0.25, 0.3) is 0 Å². The lowest BCUT2D eigenvalue weighted by atomic mass is 9.80. The van der Waals surface area contributed by atoms with Gasteiger partial charge in [-0.25, -0.2) is 0 Å². The zero-order valence-electron chi connectivity index (χ0n) is 17.2. The molecule has 26 heavy (non-hydrogen) atoms. The summed E-state index contributed by atoms with van der Waals surface area (Å²) in [5.74, 6) is 0.718. The molecule has 0 aliphatic carbocycles. The summed E-state index contributed by atoms with van der Waals surface area (Å²) in [5, 5.41) is 21.2. The van der Waals surface area contributed by atoms with Crippen LogP contribution in [0.3, 0.4) is 0 Å². The third kappa shape index (κ3) is 3.95. The van der Waals surface area contributed by atoms with Crippen LogP contribution in [0.1, 0.15) is 63.8 Å². The first-order valence-corrected chi connectivity index (χ1v) is 9.18. The van der Waals surface area contributed by atoms with Crippen molar-refractivity contribution in [3.05, 3.63) is 59.2 Å². The van der Waals surface area contributed by atoms with E-state index in [0.29, 0.717) is 17.9 Å². The van der Waals surface area contributed by atoms with E-state index < -0.39 is 0 Å². The summed E-state index contributed by atoms with van der Waals surface area (Å²) in [4.78, 5) is 0. The average Bonchev–Trinajstić information content (AvgIpc) is 2.49. The minimum atomic E-state index is -0.172. The lowest BCUT2D eigenvalue weighted by Crippen LogP contribution is -2.13. The standard InChI is InChI=1S/C24H32O2/c1-9-10-16-12-18(14-20(22(16)26)24(6,7)8)17-11-15(2)21(25)19(13-17)23(3,4)5/h9,11-14,25-26H,1,10H2,2-8H3. The molecule has 2 aromatic rings. The first-order chi connectivity index (χ1) is 11.9. The van der Waals surface area contributed by atoms with Crippen LogP contribution in [0.5, 0.6) is 11.5 Å². The van der Waals surface area contributed by atoms with Crippen LogP contribution in [-0.2, 0) is 17.3 Å². The van der Waals surface area contributed by atoms with Gasteiger partial charge in [0, 0.05) is 11.1 Å². The number of phenolic OH excluding ortho intramolecular Hbond substituents is 2. The molecule has 0 spiro atoms. The van der Waals surface area contributed by atoms with Gasteiger partial charge in [-0.3, -0.25) is 0 Å². The van der Waals surface area contributed by atoms with Gasteiger partial charge in [-0.15, -0.1) is 6.58 Å². The predicted molar refractivity (Wildman–Crippen MR) is 111 cm³/mol. The van der Waals surface area contributed by atoms with Gasteiger partial charge >= 0.3 is 0 Å². The van der Waals surface area contributed by atoms with E-state index in [2.05, 4.69) is 60.3 Å². The Bertz CT molecular complexity index is 831. The molecule has 2 rings (SSSR count). The maximum atomic E-state index is 10.7. The molecule has 2 N–H and O–H groups in total. The molecule has 2 nitrogen and oxygen atoms in total. The molecular formula is C24H32O2. The van der Waals surface area contributed by atoms with E-state index in [4.69, 9.17) is 0 Å². The molecule has 0 aromatic heterocycles. The van der Waals surface area contributed by atoms with Crippen LogP contribution in [0.4, 0.5) is 0 Å². The fourth-order valence-electron chi connectivity index (χ4n) is 3.26. The smallest absolute Gasteiger partial charge is 0.122 e. The number of phenols is 2. The molecule has 0 amide bonds. The SMILES string of the molecule is C=CCc1cc(-c2cc(C)c(O)c(C(C)(C)C)c2)cc(C(C)(C)C)c1O. The van der Waals surface area contributed by atoms with Crippen molar-refractivity contribution in [1.29, 1.82) is 0 Å². The average molecular weight is 353 g/mol. The van der Waals surface area contributed by atoms with Gasteiger partial charge < -0.3 is 10.2 Å². The molecule has 2 heteroatoms. The number of allylic oxidation sites excluding steroid dienone is 1. The third-order valence-corrected chi connectivity index (χ3v) is 4.80. The van der Waals surface area contributed by atoms with E-state index in [1.165, 1.54) is 0 Å². The fourth-order valence-corrected chi connectivity index (χ4v) is 3.26. The lowest BCUT2D eigenvalue weighted by molar-refractivity contribution is 0.441. The molecule has 140 valence electrons. The van der Waals surface area contributed by atoms with Crippen LogP contribution in [0.25, 0.3) is 11.1 Å². The second kappa shape index (κ2) is 6.83. The van der Waals surface area contributed by atoms with E-state index in [-0.39, 0.29) is 10.8 Å². The summed E-state index contributed by atoms with van der Waals surface area (Å²) in [7, 11) is 0. The molecular weight excluding hydrogens is 320 g/mol. The maximum absolute atomic E-state index is 10.7. The van der Waals surface area contributed by atoms with Crippen molar-refractivity contribution in [2.75, 3.05) is 0 Å². The highest BCUT2D eigenvalue weighted by Crippen LogP contribution is 2.41. The molecule has 0 atom stereocenters. The number of aromatic hydroxyl groups is 2. The van der Waals surface area contributed by atoms with Crippen molar-refractivity contribution in [3.63, 3.8) is 0 Å². The first-order valence-electron chi connectivity index (χ1n) is 9.18. The Hall–Kier alpha value is -2.22. The number of rotatable bonds is 3. The second-order valence-electron chi connectivity index (χ2n) is 9.21. The monoisotopic (exact) mass is 352 g/mol. The van der Waals surface area contributed by atoms with E-state index in [1.54, 1.807) is 0 Å². The summed E-state index contributed by atoms with van der Waals surface area (Å²) < 4.78 is 0. The summed E-state index contributed by atoms with van der Waals surface area (Å²) in [6, 6.07) is 8.19. The Balaban J connectivity index is 2.78. The van der Waals surface area contributed by atoms with E-state index in [9.17, 15) is 10.2 Å². The summed E-state index contributed by atoms with van der Waals surface area (Å²) in [6.45, 7) is 18.4. The molecule has 0 saturated carbocycles.